The van der Waals surface area contributed by atoms with Crippen molar-refractivity contribution in [2.75, 3.05) is 5.32 Å². The Morgan fingerprint density at radius 1 is 1.30 bits per heavy atom. The summed E-state index contributed by atoms with van der Waals surface area (Å²) < 4.78 is 3.48. The fourth-order valence-electron chi connectivity index (χ4n) is 2.85. The number of aryl methyl sites for hydroxylation is 1. The van der Waals surface area contributed by atoms with E-state index in [1.165, 1.54) is 0 Å². The number of pyridine rings is 1. The van der Waals surface area contributed by atoms with Gasteiger partial charge in [0.2, 0.25) is 0 Å². The highest BCUT2D eigenvalue weighted by Gasteiger charge is 2.37. The topological polar surface area (TPSA) is 93.7 Å². The van der Waals surface area contributed by atoms with Crippen LogP contribution < -0.4 is 5.32 Å². The average molecular weight is 367 g/mol. The Labute approximate surface area is 158 Å². The van der Waals surface area contributed by atoms with E-state index in [2.05, 4.69) is 32.6 Å². The first kappa shape index (κ1) is 17.7. The number of nitrogens with one attached hydrogen (secondary N) is 1. The van der Waals surface area contributed by atoms with Crippen LogP contribution in [0, 0.1) is 0 Å². The van der Waals surface area contributed by atoms with Gasteiger partial charge in [0.1, 0.15) is 5.69 Å². The van der Waals surface area contributed by atoms with Gasteiger partial charge < -0.3 is 10.4 Å². The molecule has 4 rings (SSSR count). The van der Waals surface area contributed by atoms with Gasteiger partial charge in [0.25, 0.3) is 0 Å². The molecule has 0 spiro atoms. The quantitative estimate of drug-likeness (QED) is 0.666. The lowest BCUT2D eigenvalue weighted by Gasteiger charge is -2.17. The lowest BCUT2D eigenvalue weighted by molar-refractivity contribution is 0.0711. The minimum Gasteiger partial charge on any atom is -0.390 e. The van der Waals surface area contributed by atoms with Crippen LogP contribution >= 0.6 is 0 Å². The van der Waals surface area contributed by atoms with Crippen molar-refractivity contribution in [2.24, 2.45) is 0 Å². The first-order chi connectivity index (χ1) is 12.8. The minimum absolute atomic E-state index is 0.113. The zero-order chi connectivity index (χ0) is 19.1. The number of hydrogen-bond donors (Lipinski definition) is 2. The molecular weight excluding hydrogens is 342 g/mol. The predicted molar refractivity (Wildman–Crippen MR) is 102 cm³/mol. The van der Waals surface area contributed by atoms with Crippen LogP contribution in [0.25, 0.3) is 11.5 Å². The highest BCUT2D eigenvalue weighted by atomic mass is 16.3. The summed E-state index contributed by atoms with van der Waals surface area (Å²) in [7, 11) is 0. The second-order valence-electron chi connectivity index (χ2n) is 8.16. The molecule has 1 saturated carbocycles. The van der Waals surface area contributed by atoms with E-state index in [-0.39, 0.29) is 5.54 Å². The SMILES string of the molecule is CC(C)(O)CCc1cn(-c2cnc(-n3cccn3)cc2NC2(C)CC2)nn1. The van der Waals surface area contributed by atoms with E-state index in [4.69, 9.17) is 0 Å². The van der Waals surface area contributed by atoms with Crippen LogP contribution in [0.15, 0.2) is 36.9 Å². The zero-order valence-electron chi connectivity index (χ0n) is 15.9. The maximum Gasteiger partial charge on any atom is 0.155 e. The van der Waals surface area contributed by atoms with E-state index in [1.807, 2.05) is 24.5 Å². The van der Waals surface area contributed by atoms with Crippen molar-refractivity contribution in [1.82, 2.24) is 29.8 Å². The molecule has 0 unspecified atom stereocenters. The normalized spacial score (nSPS) is 15.7. The van der Waals surface area contributed by atoms with Crippen molar-refractivity contribution in [3.63, 3.8) is 0 Å². The maximum atomic E-state index is 9.92. The number of hydrogen-bond acceptors (Lipinski definition) is 6. The second-order valence-corrected chi connectivity index (χ2v) is 8.16. The lowest BCUT2D eigenvalue weighted by atomic mass is 10.0. The van der Waals surface area contributed by atoms with Crippen LogP contribution in [-0.2, 0) is 6.42 Å². The van der Waals surface area contributed by atoms with Crippen LogP contribution in [0.3, 0.4) is 0 Å². The van der Waals surface area contributed by atoms with Crippen LogP contribution in [0.2, 0.25) is 0 Å². The summed E-state index contributed by atoms with van der Waals surface area (Å²) in [6, 6.07) is 3.86. The Kier molecular flexibility index (Phi) is 4.22. The minimum atomic E-state index is -0.718. The Morgan fingerprint density at radius 2 is 2.11 bits per heavy atom. The Bertz CT molecular complexity index is 920. The molecule has 1 fully saturated rings. The highest BCUT2D eigenvalue weighted by Crippen LogP contribution is 2.39. The number of anilines is 1. The van der Waals surface area contributed by atoms with Crippen molar-refractivity contribution in [2.45, 2.75) is 57.6 Å². The fourth-order valence-corrected chi connectivity index (χ4v) is 2.85. The van der Waals surface area contributed by atoms with E-state index in [0.717, 1.165) is 35.7 Å². The Hall–Kier alpha value is -2.74. The van der Waals surface area contributed by atoms with Gasteiger partial charge in [-0.2, -0.15) is 5.10 Å². The molecule has 0 aromatic carbocycles. The monoisotopic (exact) mass is 367 g/mol. The summed E-state index contributed by atoms with van der Waals surface area (Å²) >= 11 is 0. The van der Waals surface area contributed by atoms with Crippen LogP contribution in [0.4, 0.5) is 5.69 Å². The molecule has 0 aliphatic heterocycles. The van der Waals surface area contributed by atoms with Gasteiger partial charge in [-0.15, -0.1) is 5.10 Å². The maximum absolute atomic E-state index is 9.92. The summed E-state index contributed by atoms with van der Waals surface area (Å²) in [5.41, 5.74) is 2.04. The molecule has 8 heteroatoms. The van der Waals surface area contributed by atoms with E-state index in [0.29, 0.717) is 12.8 Å². The largest absolute Gasteiger partial charge is 0.390 e. The van der Waals surface area contributed by atoms with Gasteiger partial charge in [0.15, 0.2) is 5.82 Å². The van der Waals surface area contributed by atoms with Crippen LogP contribution in [-0.4, -0.2) is 46.0 Å². The van der Waals surface area contributed by atoms with Gasteiger partial charge >= 0.3 is 0 Å². The standard InChI is InChI=1S/C19H25N7O/c1-18(2,27)6-5-14-13-26(24-23-14)16-12-20-17(25-10-4-9-21-25)11-15(16)22-19(3)7-8-19/h4,9-13,27H,5-8H2,1-3H3,(H,20,22). The molecule has 2 N–H and O–H groups in total. The van der Waals surface area contributed by atoms with Gasteiger partial charge in [0, 0.05) is 24.0 Å². The van der Waals surface area contributed by atoms with E-state index < -0.39 is 5.60 Å². The molecular formula is C19H25N7O. The number of aromatic nitrogens is 6. The summed E-state index contributed by atoms with van der Waals surface area (Å²) in [5.74, 6) is 0.748. The van der Waals surface area contributed by atoms with Crippen molar-refractivity contribution in [1.29, 1.82) is 0 Å². The van der Waals surface area contributed by atoms with E-state index in [1.54, 1.807) is 35.6 Å². The number of nitrogens with zero attached hydrogens (tertiary/aromatic N) is 6. The molecule has 3 aromatic heterocycles. The molecule has 3 aromatic rings. The molecule has 0 saturated heterocycles. The van der Waals surface area contributed by atoms with Crippen molar-refractivity contribution in [3.8, 4) is 11.5 Å². The van der Waals surface area contributed by atoms with Crippen molar-refractivity contribution in [3.05, 3.63) is 42.6 Å². The summed E-state index contributed by atoms with van der Waals surface area (Å²) in [5, 5.41) is 26.3. The van der Waals surface area contributed by atoms with Gasteiger partial charge in [-0.1, -0.05) is 5.21 Å². The third-order valence-corrected chi connectivity index (χ3v) is 4.82. The van der Waals surface area contributed by atoms with Crippen molar-refractivity contribution < 1.29 is 5.11 Å². The third-order valence-electron chi connectivity index (χ3n) is 4.82. The lowest BCUT2D eigenvalue weighted by Crippen LogP contribution is -2.19. The molecule has 27 heavy (non-hydrogen) atoms. The van der Waals surface area contributed by atoms with Gasteiger partial charge in [-0.3, -0.25) is 0 Å². The molecule has 3 heterocycles. The Balaban J connectivity index is 1.64. The third kappa shape index (κ3) is 4.16. The number of rotatable bonds is 7. The number of aliphatic hydroxyl groups is 1. The molecule has 1 aliphatic rings. The van der Waals surface area contributed by atoms with Crippen molar-refractivity contribution >= 4 is 5.69 Å². The average Bonchev–Trinajstić information content (AvgIpc) is 3.07. The first-order valence-corrected chi connectivity index (χ1v) is 9.24. The van der Waals surface area contributed by atoms with Gasteiger partial charge in [-0.25, -0.2) is 14.3 Å². The summed E-state index contributed by atoms with van der Waals surface area (Å²) in [6.07, 6.45) is 10.9. The van der Waals surface area contributed by atoms with Crippen LogP contribution in [0.5, 0.6) is 0 Å². The molecule has 0 radical (unpaired) electrons. The van der Waals surface area contributed by atoms with Gasteiger partial charge in [0.05, 0.1) is 29.4 Å². The molecule has 0 amide bonds. The smallest absolute Gasteiger partial charge is 0.155 e. The second kappa shape index (κ2) is 6.45. The summed E-state index contributed by atoms with van der Waals surface area (Å²) in [4.78, 5) is 4.53. The first-order valence-electron chi connectivity index (χ1n) is 9.24. The Morgan fingerprint density at radius 3 is 2.78 bits per heavy atom. The molecule has 0 atom stereocenters. The fraction of sp³-hybridized carbons (Fsp3) is 0.474. The molecule has 142 valence electrons. The van der Waals surface area contributed by atoms with E-state index >= 15 is 0 Å². The van der Waals surface area contributed by atoms with E-state index in [9.17, 15) is 5.11 Å². The predicted octanol–water partition coefficient (Wildman–Crippen LogP) is 2.52. The molecule has 1 aliphatic carbocycles. The van der Waals surface area contributed by atoms with Gasteiger partial charge in [-0.05, 0) is 52.5 Å². The molecule has 0 bridgehead atoms. The van der Waals surface area contributed by atoms with Crippen LogP contribution in [0.1, 0.15) is 45.7 Å². The zero-order valence-corrected chi connectivity index (χ0v) is 15.9. The summed E-state index contributed by atoms with van der Waals surface area (Å²) in [6.45, 7) is 5.81. The highest BCUT2D eigenvalue weighted by molar-refractivity contribution is 5.64. The molecule has 8 nitrogen and oxygen atoms in total.